The molecule has 0 atom stereocenters. The number of fused-ring (bicyclic) bond motifs is 3. The van der Waals surface area contributed by atoms with Gasteiger partial charge in [-0.05, 0) is 53.9 Å². The van der Waals surface area contributed by atoms with Crippen LogP contribution in [0, 0.1) is 0 Å². The summed E-state index contributed by atoms with van der Waals surface area (Å²) in [5, 5.41) is 11.9. The first-order chi connectivity index (χ1) is 17.9. The number of rotatable bonds is 7. The monoisotopic (exact) mass is 569 g/mol. The number of primary amides is 1. The van der Waals surface area contributed by atoms with Crippen molar-refractivity contribution in [1.29, 1.82) is 0 Å². The predicted molar refractivity (Wildman–Crippen MR) is 145 cm³/mol. The highest BCUT2D eigenvalue weighted by atomic mass is 35.5. The van der Waals surface area contributed by atoms with Crippen LogP contribution in [0.15, 0.2) is 88.7 Å². The number of anilines is 1. The van der Waals surface area contributed by atoms with Crippen LogP contribution < -0.4 is 15.6 Å². The van der Waals surface area contributed by atoms with E-state index in [1.165, 1.54) is 36.4 Å². The maximum absolute atomic E-state index is 13.0. The Morgan fingerprint density at radius 2 is 1.61 bits per heavy atom. The number of nitrogens with one attached hydrogen (secondary N) is 1. The molecule has 0 aliphatic rings. The van der Waals surface area contributed by atoms with Crippen molar-refractivity contribution in [2.75, 3.05) is 4.72 Å². The van der Waals surface area contributed by atoms with E-state index in [4.69, 9.17) is 22.5 Å². The molecule has 0 saturated heterocycles. The topological polar surface area (TPSA) is 167 Å². The van der Waals surface area contributed by atoms with E-state index in [-0.39, 0.29) is 26.9 Å². The van der Waals surface area contributed by atoms with Crippen LogP contribution in [0.5, 0.6) is 0 Å². The van der Waals surface area contributed by atoms with Crippen LogP contribution in [0.3, 0.4) is 0 Å². The molecule has 38 heavy (non-hydrogen) atoms. The zero-order chi connectivity index (χ0) is 27.2. The summed E-state index contributed by atoms with van der Waals surface area (Å²) in [6.07, 6.45) is -0.136. The Balaban J connectivity index is 1.70. The molecule has 10 nitrogen and oxygen atoms in total. The Bertz CT molecular complexity index is 1950. The van der Waals surface area contributed by atoms with Crippen molar-refractivity contribution in [3.63, 3.8) is 0 Å². The third-order valence-corrected chi connectivity index (χ3v) is 8.68. The summed E-state index contributed by atoms with van der Waals surface area (Å²) in [5.41, 5.74) is 7.20. The molecule has 4 aromatic carbocycles. The Kier molecular flexibility index (Phi) is 6.35. The van der Waals surface area contributed by atoms with Crippen LogP contribution >= 0.6 is 11.6 Å². The first kappa shape index (κ1) is 25.7. The Labute approximate surface area is 222 Å². The van der Waals surface area contributed by atoms with Gasteiger partial charge in [-0.15, -0.1) is 0 Å². The van der Waals surface area contributed by atoms with Crippen molar-refractivity contribution < 1.29 is 21.6 Å². The average molecular weight is 570 g/mol. The van der Waals surface area contributed by atoms with Gasteiger partial charge in [0.1, 0.15) is 4.90 Å². The first-order valence-corrected chi connectivity index (χ1v) is 14.5. The van der Waals surface area contributed by atoms with E-state index in [0.29, 0.717) is 27.7 Å². The van der Waals surface area contributed by atoms with E-state index in [0.717, 1.165) is 5.39 Å². The second-order valence-corrected chi connectivity index (χ2v) is 12.1. The summed E-state index contributed by atoms with van der Waals surface area (Å²) in [6.45, 7) is 0. The number of benzene rings is 4. The molecule has 0 fully saturated rings. The van der Waals surface area contributed by atoms with Gasteiger partial charge >= 0.3 is 0 Å². The lowest BCUT2D eigenvalue weighted by atomic mass is 10.0. The highest BCUT2D eigenvalue weighted by Crippen LogP contribution is 2.33. The summed E-state index contributed by atoms with van der Waals surface area (Å²) in [6, 6.07) is 20.5. The lowest BCUT2D eigenvalue weighted by molar-refractivity contribution is -0.117. The maximum atomic E-state index is 13.0. The van der Waals surface area contributed by atoms with E-state index in [9.17, 15) is 21.6 Å². The molecule has 0 saturated carbocycles. The maximum Gasteiger partial charge on any atom is 0.263 e. The quantitative estimate of drug-likeness (QED) is 0.272. The molecule has 0 unspecified atom stereocenters. The fourth-order valence-electron chi connectivity index (χ4n) is 4.19. The van der Waals surface area contributed by atoms with Gasteiger partial charge in [-0.1, -0.05) is 41.9 Å². The molecule has 13 heteroatoms. The molecule has 0 radical (unpaired) electrons. The predicted octanol–water partition coefficient (Wildman–Crippen LogP) is 3.31. The number of sulfonamides is 2. The van der Waals surface area contributed by atoms with E-state index >= 15 is 0 Å². The molecule has 1 amide bonds. The highest BCUT2D eigenvalue weighted by Gasteiger charge is 2.20. The van der Waals surface area contributed by atoms with Crippen LogP contribution in [0.1, 0.15) is 5.69 Å². The zero-order valence-electron chi connectivity index (χ0n) is 19.5. The van der Waals surface area contributed by atoms with Gasteiger partial charge in [-0.3, -0.25) is 9.52 Å². The van der Waals surface area contributed by atoms with Crippen molar-refractivity contribution >= 4 is 64.9 Å². The first-order valence-electron chi connectivity index (χ1n) is 11.1. The Morgan fingerprint density at radius 3 is 2.26 bits per heavy atom. The number of nitrogens with zero attached hydrogens (tertiary/aromatic N) is 2. The molecule has 1 heterocycles. The number of hydrogen-bond acceptors (Lipinski definition) is 6. The van der Waals surface area contributed by atoms with Gasteiger partial charge < -0.3 is 5.73 Å². The molecule has 0 bridgehead atoms. The largest absolute Gasteiger partial charge is 0.369 e. The van der Waals surface area contributed by atoms with Crippen LogP contribution in [-0.2, 0) is 31.3 Å². The van der Waals surface area contributed by atoms with Crippen molar-refractivity contribution in [2.45, 2.75) is 16.2 Å². The molecule has 5 N–H and O–H groups in total. The van der Waals surface area contributed by atoms with E-state index in [1.54, 1.807) is 41.1 Å². The van der Waals surface area contributed by atoms with Gasteiger partial charge in [0.15, 0.2) is 0 Å². The third kappa shape index (κ3) is 4.82. The van der Waals surface area contributed by atoms with Crippen LogP contribution in [0.2, 0.25) is 5.02 Å². The number of hydrogen-bond donors (Lipinski definition) is 3. The Morgan fingerprint density at radius 1 is 0.921 bits per heavy atom. The van der Waals surface area contributed by atoms with Crippen molar-refractivity contribution in [2.24, 2.45) is 10.9 Å². The summed E-state index contributed by atoms with van der Waals surface area (Å²) in [7, 11) is -7.90. The molecular weight excluding hydrogens is 550 g/mol. The van der Waals surface area contributed by atoms with E-state index in [2.05, 4.69) is 9.82 Å². The Hall–Kier alpha value is -3.97. The number of aromatic nitrogens is 2. The van der Waals surface area contributed by atoms with E-state index < -0.39 is 26.0 Å². The number of carbonyl (C=O) groups excluding carboxylic acids is 1. The normalized spacial score (nSPS) is 12.2. The summed E-state index contributed by atoms with van der Waals surface area (Å²) < 4.78 is 53.6. The minimum Gasteiger partial charge on any atom is -0.369 e. The molecule has 1 aromatic heterocycles. The number of carbonyl (C=O) groups is 1. The smallest absolute Gasteiger partial charge is 0.263 e. The van der Waals surface area contributed by atoms with Gasteiger partial charge in [0.05, 0.1) is 33.2 Å². The van der Waals surface area contributed by atoms with Crippen LogP contribution in [-0.4, -0.2) is 32.5 Å². The average Bonchev–Trinajstić information content (AvgIpc) is 3.21. The minimum atomic E-state index is -3.99. The fraction of sp³-hybridized carbons (Fsp3) is 0.0400. The third-order valence-electron chi connectivity index (χ3n) is 5.87. The SMILES string of the molecule is NC(=O)Cc1nn(-c2ccc(S(N)(=O)=O)cc2)c2c1ccc1ccc(NS(=O)(=O)c3ccccc3Cl)cc12. The number of amides is 1. The number of halogens is 1. The molecule has 194 valence electrons. The summed E-state index contributed by atoms with van der Waals surface area (Å²) >= 11 is 6.11. The molecular formula is C25H20ClN5O5S2. The molecule has 0 spiro atoms. The van der Waals surface area contributed by atoms with Gasteiger partial charge in [0.2, 0.25) is 15.9 Å². The number of nitrogens with two attached hydrogens (primary N) is 2. The zero-order valence-corrected chi connectivity index (χ0v) is 21.9. The molecule has 0 aliphatic heterocycles. The minimum absolute atomic E-state index is 0.0660. The van der Waals surface area contributed by atoms with Crippen molar-refractivity contribution in [3.8, 4) is 5.69 Å². The second-order valence-electron chi connectivity index (χ2n) is 8.47. The van der Waals surface area contributed by atoms with Crippen molar-refractivity contribution in [1.82, 2.24) is 9.78 Å². The standard InChI is InChI=1S/C25H20ClN5O5S2/c26-21-3-1-2-4-23(21)38(35,36)30-16-7-5-15-6-12-19-22(14-24(27)32)29-31(25(19)20(15)13-16)17-8-10-18(11-9-17)37(28,33)34/h1-13,30H,14H2,(H2,27,32)(H2,28,33,34). The van der Waals surface area contributed by atoms with Crippen molar-refractivity contribution in [3.05, 3.63) is 89.6 Å². The second kappa shape index (κ2) is 9.40. The summed E-state index contributed by atoms with van der Waals surface area (Å²) in [5.74, 6) is -0.581. The van der Waals surface area contributed by atoms with Gasteiger partial charge in [-0.25, -0.2) is 26.7 Å². The van der Waals surface area contributed by atoms with Crippen LogP contribution in [0.25, 0.3) is 27.4 Å². The lowest BCUT2D eigenvalue weighted by Gasteiger charge is -2.12. The molecule has 5 rings (SSSR count). The fourth-order valence-corrected chi connectivity index (χ4v) is 6.27. The molecule has 0 aliphatic carbocycles. The molecule has 5 aromatic rings. The highest BCUT2D eigenvalue weighted by molar-refractivity contribution is 7.92. The van der Waals surface area contributed by atoms with Gasteiger partial charge in [-0.2, -0.15) is 5.10 Å². The van der Waals surface area contributed by atoms with Gasteiger partial charge in [0, 0.05) is 16.5 Å². The number of primary sulfonamides is 1. The summed E-state index contributed by atoms with van der Waals surface area (Å²) in [4.78, 5) is 11.6. The van der Waals surface area contributed by atoms with Gasteiger partial charge in [0.25, 0.3) is 10.0 Å². The van der Waals surface area contributed by atoms with E-state index in [1.807, 2.05) is 6.07 Å². The lowest BCUT2D eigenvalue weighted by Crippen LogP contribution is -2.14. The van der Waals surface area contributed by atoms with Crippen LogP contribution in [0.4, 0.5) is 5.69 Å².